The number of halogens is 1. The van der Waals surface area contributed by atoms with E-state index in [-0.39, 0.29) is 12.0 Å². The molecule has 0 radical (unpaired) electrons. The average molecular weight is 215 g/mol. The first-order valence-corrected chi connectivity index (χ1v) is 4.63. The monoisotopic (exact) mass is 214 g/mol. The Morgan fingerprint density at radius 3 is 2.64 bits per heavy atom. The third kappa shape index (κ3) is 2.67. The summed E-state index contributed by atoms with van der Waals surface area (Å²) in [6.07, 6.45) is 0.507. The zero-order valence-corrected chi connectivity index (χ0v) is 8.81. The maximum absolute atomic E-state index is 11.4. The molecule has 4 nitrogen and oxygen atoms in total. The van der Waals surface area contributed by atoms with Gasteiger partial charge in [0.2, 0.25) is 5.24 Å². The number of hydrogen-bond donors (Lipinski definition) is 1. The van der Waals surface area contributed by atoms with Crippen LogP contribution in [0.15, 0.2) is 4.79 Å². The lowest BCUT2D eigenvalue weighted by atomic mass is 10.1. The quantitative estimate of drug-likeness (QED) is 0.766. The van der Waals surface area contributed by atoms with Gasteiger partial charge in [0, 0.05) is 17.7 Å². The van der Waals surface area contributed by atoms with Gasteiger partial charge in [-0.3, -0.25) is 9.59 Å². The third-order valence-electron chi connectivity index (χ3n) is 1.91. The summed E-state index contributed by atoms with van der Waals surface area (Å²) in [5.74, 6) is 0.577. The van der Waals surface area contributed by atoms with E-state index < -0.39 is 5.24 Å². The van der Waals surface area contributed by atoms with Crippen molar-refractivity contribution in [2.75, 3.05) is 0 Å². The fraction of sp³-hybridized carbons (Fsp3) is 0.444. The lowest BCUT2D eigenvalue weighted by Gasteiger charge is -2.02. The van der Waals surface area contributed by atoms with Gasteiger partial charge in [-0.05, 0) is 31.9 Å². The Bertz CT molecular complexity index is 412. The number of aromatic nitrogens is 2. The highest BCUT2D eigenvalue weighted by Crippen LogP contribution is 2.03. The van der Waals surface area contributed by atoms with Crippen molar-refractivity contribution in [3.63, 3.8) is 0 Å². The van der Waals surface area contributed by atoms with Gasteiger partial charge in [-0.15, -0.1) is 0 Å². The fourth-order valence-corrected chi connectivity index (χ4v) is 1.36. The predicted octanol–water partition coefficient (Wildman–Crippen LogP) is 1.08. The van der Waals surface area contributed by atoms with E-state index in [1.54, 1.807) is 13.8 Å². The molecule has 0 aromatic carbocycles. The number of rotatable bonds is 3. The standard InChI is InChI=1S/C9H11ClN2O2/c1-5-7(3-4-8(10)13)9(14)12-6(2)11-5/h3-4H2,1-2H3,(H,11,12,14). The van der Waals surface area contributed by atoms with Gasteiger partial charge in [0.25, 0.3) is 5.56 Å². The van der Waals surface area contributed by atoms with Crippen molar-refractivity contribution in [2.45, 2.75) is 26.7 Å². The average Bonchev–Trinajstić information content (AvgIpc) is 2.01. The molecule has 0 unspecified atom stereocenters. The third-order valence-corrected chi connectivity index (χ3v) is 2.10. The molecule has 14 heavy (non-hydrogen) atoms. The number of nitrogens with zero attached hydrogens (tertiary/aromatic N) is 1. The number of aryl methyl sites for hydroxylation is 2. The largest absolute Gasteiger partial charge is 0.311 e. The Morgan fingerprint density at radius 1 is 1.50 bits per heavy atom. The predicted molar refractivity (Wildman–Crippen MR) is 53.5 cm³/mol. The number of nitrogens with one attached hydrogen (secondary N) is 1. The van der Waals surface area contributed by atoms with E-state index in [9.17, 15) is 9.59 Å². The lowest BCUT2D eigenvalue weighted by molar-refractivity contribution is -0.111. The van der Waals surface area contributed by atoms with Crippen LogP contribution in [0.4, 0.5) is 0 Å². The molecule has 1 N–H and O–H groups in total. The van der Waals surface area contributed by atoms with Crippen LogP contribution in [0.5, 0.6) is 0 Å². The van der Waals surface area contributed by atoms with Crippen LogP contribution in [0.2, 0.25) is 0 Å². The smallest absolute Gasteiger partial charge is 0.254 e. The Hall–Kier alpha value is -1.16. The molecule has 1 rings (SSSR count). The minimum Gasteiger partial charge on any atom is -0.311 e. The molecule has 0 saturated heterocycles. The van der Waals surface area contributed by atoms with Crippen LogP contribution in [0, 0.1) is 13.8 Å². The normalized spacial score (nSPS) is 10.2. The van der Waals surface area contributed by atoms with Crippen LogP contribution >= 0.6 is 11.6 Å². The van der Waals surface area contributed by atoms with Crippen LogP contribution in [-0.4, -0.2) is 15.2 Å². The van der Waals surface area contributed by atoms with Crippen LogP contribution in [0.3, 0.4) is 0 Å². The topological polar surface area (TPSA) is 62.8 Å². The first-order chi connectivity index (χ1) is 6.50. The van der Waals surface area contributed by atoms with E-state index in [0.29, 0.717) is 23.5 Å². The molecule has 1 aromatic heterocycles. The number of carbonyl (C=O) groups excluding carboxylic acids is 1. The Kier molecular flexibility index (Phi) is 3.41. The zero-order chi connectivity index (χ0) is 10.7. The molecule has 0 spiro atoms. The summed E-state index contributed by atoms with van der Waals surface area (Å²) in [5, 5.41) is -0.440. The van der Waals surface area contributed by atoms with Gasteiger partial charge in [-0.1, -0.05) is 0 Å². The van der Waals surface area contributed by atoms with E-state index >= 15 is 0 Å². The van der Waals surface area contributed by atoms with E-state index in [2.05, 4.69) is 9.97 Å². The number of H-pyrrole nitrogens is 1. The number of carbonyl (C=O) groups is 1. The summed E-state index contributed by atoms with van der Waals surface area (Å²) in [7, 11) is 0. The molecule has 0 aliphatic heterocycles. The summed E-state index contributed by atoms with van der Waals surface area (Å²) in [4.78, 5) is 28.6. The first-order valence-electron chi connectivity index (χ1n) is 4.25. The highest BCUT2D eigenvalue weighted by atomic mass is 35.5. The lowest BCUT2D eigenvalue weighted by Crippen LogP contribution is -2.18. The second-order valence-corrected chi connectivity index (χ2v) is 3.49. The highest BCUT2D eigenvalue weighted by molar-refractivity contribution is 6.63. The maximum atomic E-state index is 11.4. The molecule has 0 amide bonds. The zero-order valence-electron chi connectivity index (χ0n) is 8.06. The molecule has 0 aliphatic carbocycles. The van der Waals surface area contributed by atoms with Gasteiger partial charge in [-0.25, -0.2) is 4.98 Å². The molecule has 5 heteroatoms. The van der Waals surface area contributed by atoms with E-state index in [4.69, 9.17) is 11.6 Å². The van der Waals surface area contributed by atoms with Crippen molar-refractivity contribution in [3.8, 4) is 0 Å². The molecular formula is C9H11ClN2O2. The Morgan fingerprint density at radius 2 is 2.14 bits per heavy atom. The van der Waals surface area contributed by atoms with E-state index in [0.717, 1.165) is 0 Å². The summed E-state index contributed by atoms with van der Waals surface area (Å²) < 4.78 is 0. The highest BCUT2D eigenvalue weighted by Gasteiger charge is 2.07. The van der Waals surface area contributed by atoms with Crippen molar-refractivity contribution in [1.29, 1.82) is 0 Å². The second-order valence-electron chi connectivity index (χ2n) is 3.07. The molecular weight excluding hydrogens is 204 g/mol. The van der Waals surface area contributed by atoms with Gasteiger partial charge >= 0.3 is 0 Å². The van der Waals surface area contributed by atoms with Gasteiger partial charge in [-0.2, -0.15) is 0 Å². The number of aromatic amines is 1. The van der Waals surface area contributed by atoms with E-state index in [1.165, 1.54) is 0 Å². The molecule has 0 bridgehead atoms. The minimum atomic E-state index is -0.440. The summed E-state index contributed by atoms with van der Waals surface area (Å²) in [6.45, 7) is 3.46. The van der Waals surface area contributed by atoms with Gasteiger partial charge in [0.05, 0.1) is 0 Å². The molecule has 0 fully saturated rings. The fourth-order valence-electron chi connectivity index (χ4n) is 1.27. The van der Waals surface area contributed by atoms with Crippen LogP contribution < -0.4 is 5.56 Å². The second kappa shape index (κ2) is 4.37. The van der Waals surface area contributed by atoms with Crippen LogP contribution in [0.1, 0.15) is 23.5 Å². The summed E-state index contributed by atoms with van der Waals surface area (Å²) in [5.41, 5.74) is 1.00. The van der Waals surface area contributed by atoms with Crippen LogP contribution in [0.25, 0.3) is 0 Å². The molecule has 0 aliphatic rings. The first kappa shape index (κ1) is 10.9. The Labute approximate surface area is 86.3 Å². The molecule has 1 heterocycles. The molecule has 0 saturated carbocycles. The van der Waals surface area contributed by atoms with Crippen molar-refractivity contribution >= 4 is 16.8 Å². The van der Waals surface area contributed by atoms with Crippen LogP contribution in [-0.2, 0) is 11.2 Å². The molecule has 0 atom stereocenters. The van der Waals surface area contributed by atoms with Gasteiger partial charge < -0.3 is 4.98 Å². The van der Waals surface area contributed by atoms with Crippen molar-refractivity contribution in [1.82, 2.24) is 9.97 Å². The van der Waals surface area contributed by atoms with E-state index in [1.807, 2.05) is 0 Å². The minimum absolute atomic E-state index is 0.163. The van der Waals surface area contributed by atoms with Crippen molar-refractivity contribution in [2.24, 2.45) is 0 Å². The Balaban J connectivity index is 2.97. The van der Waals surface area contributed by atoms with Gasteiger partial charge in [0.1, 0.15) is 5.82 Å². The summed E-state index contributed by atoms with van der Waals surface area (Å²) >= 11 is 5.19. The molecule has 1 aromatic rings. The SMILES string of the molecule is Cc1nc(C)c(CCC(=O)Cl)c(=O)[nH]1. The van der Waals surface area contributed by atoms with Crippen molar-refractivity contribution < 1.29 is 4.79 Å². The number of hydrogen-bond acceptors (Lipinski definition) is 3. The van der Waals surface area contributed by atoms with Gasteiger partial charge in [0.15, 0.2) is 0 Å². The summed E-state index contributed by atoms with van der Waals surface area (Å²) in [6, 6.07) is 0. The molecule has 76 valence electrons. The maximum Gasteiger partial charge on any atom is 0.254 e. The van der Waals surface area contributed by atoms with Crippen molar-refractivity contribution in [3.05, 3.63) is 27.4 Å².